The van der Waals surface area contributed by atoms with Crippen LogP contribution in [0.2, 0.25) is 0 Å². The van der Waals surface area contributed by atoms with Gasteiger partial charge in [0.1, 0.15) is 0 Å². The summed E-state index contributed by atoms with van der Waals surface area (Å²) in [6.07, 6.45) is 0. The highest BCUT2D eigenvalue weighted by molar-refractivity contribution is 6.59. The van der Waals surface area contributed by atoms with E-state index in [2.05, 4.69) is 71.3 Å². The average Bonchev–Trinajstić information content (AvgIpc) is 3.09. The normalized spacial score (nSPS) is 11.3. The fourth-order valence-electron chi connectivity index (χ4n) is 4.42. The smallest absolute Gasteiger partial charge is 0.423 e. The molecule has 0 saturated carbocycles. The molecule has 0 unspecified atom stereocenters. The Morgan fingerprint density at radius 2 is 1.37 bits per heavy atom. The molecule has 0 bridgehead atoms. The van der Waals surface area contributed by atoms with Crippen molar-refractivity contribution >= 4 is 34.4 Å². The van der Waals surface area contributed by atoms with E-state index in [1.807, 2.05) is 32.0 Å². The van der Waals surface area contributed by atoms with Gasteiger partial charge in [0, 0.05) is 16.5 Å². The minimum absolute atomic E-state index is 0.554. The number of hydrogen-bond donors (Lipinski definition) is 2. The minimum atomic E-state index is -1.45. The van der Waals surface area contributed by atoms with Crippen molar-refractivity contribution in [1.82, 2.24) is 4.57 Å². The van der Waals surface area contributed by atoms with Crippen molar-refractivity contribution in [3.8, 4) is 16.8 Å². The summed E-state index contributed by atoms with van der Waals surface area (Å²) in [5.74, 6) is 0. The standard InChI is InChI=1S/C26H22BNO2/c1-17-15-24(27(29)30)18(2)14-22(17)19-12-13-26-23(16-19)21-10-6-7-11-25(21)28(26)20-8-4-3-5-9-20/h3-16,29-30H,1-2H3. The molecule has 0 spiro atoms. The highest BCUT2D eigenvalue weighted by atomic mass is 16.4. The number of fused-ring (bicyclic) bond motifs is 3. The summed E-state index contributed by atoms with van der Waals surface area (Å²) in [6, 6.07) is 29.4. The third-order valence-corrected chi connectivity index (χ3v) is 5.89. The van der Waals surface area contributed by atoms with Gasteiger partial charge in [-0.25, -0.2) is 0 Å². The van der Waals surface area contributed by atoms with Crippen molar-refractivity contribution in [3.05, 3.63) is 96.1 Å². The lowest BCUT2D eigenvalue weighted by Gasteiger charge is -2.13. The molecule has 1 aromatic heterocycles. The molecular weight excluding hydrogens is 369 g/mol. The van der Waals surface area contributed by atoms with Crippen molar-refractivity contribution in [2.24, 2.45) is 0 Å². The van der Waals surface area contributed by atoms with Gasteiger partial charge in [0.05, 0.1) is 11.0 Å². The van der Waals surface area contributed by atoms with Crippen LogP contribution in [0.4, 0.5) is 0 Å². The van der Waals surface area contributed by atoms with E-state index in [9.17, 15) is 10.0 Å². The number of aryl methyl sites for hydroxylation is 2. The van der Waals surface area contributed by atoms with Crippen LogP contribution in [0.3, 0.4) is 0 Å². The maximum atomic E-state index is 9.61. The second-order valence-electron chi connectivity index (χ2n) is 7.82. The van der Waals surface area contributed by atoms with Crippen LogP contribution in [0.15, 0.2) is 84.9 Å². The lowest BCUT2D eigenvalue weighted by Crippen LogP contribution is -2.32. The lowest BCUT2D eigenvalue weighted by molar-refractivity contribution is 0.425. The summed E-state index contributed by atoms with van der Waals surface area (Å²) in [7, 11) is -1.45. The van der Waals surface area contributed by atoms with Gasteiger partial charge in [-0.3, -0.25) is 0 Å². The van der Waals surface area contributed by atoms with Gasteiger partial charge in [-0.1, -0.05) is 60.2 Å². The first kappa shape index (κ1) is 18.7. The van der Waals surface area contributed by atoms with Crippen LogP contribution < -0.4 is 5.46 Å². The van der Waals surface area contributed by atoms with Crippen molar-refractivity contribution in [3.63, 3.8) is 0 Å². The summed E-state index contributed by atoms with van der Waals surface area (Å²) >= 11 is 0. The molecule has 0 atom stereocenters. The predicted molar refractivity (Wildman–Crippen MR) is 126 cm³/mol. The van der Waals surface area contributed by atoms with Gasteiger partial charge >= 0.3 is 7.12 Å². The zero-order chi connectivity index (χ0) is 20.8. The Bertz CT molecular complexity index is 1390. The van der Waals surface area contributed by atoms with E-state index >= 15 is 0 Å². The third kappa shape index (κ3) is 2.93. The second kappa shape index (κ2) is 7.17. The Morgan fingerprint density at radius 3 is 2.13 bits per heavy atom. The van der Waals surface area contributed by atoms with Crippen LogP contribution in [0.5, 0.6) is 0 Å². The molecule has 0 aliphatic rings. The number of nitrogens with zero attached hydrogens (tertiary/aromatic N) is 1. The summed E-state index contributed by atoms with van der Waals surface area (Å²) in [5.41, 5.74) is 8.17. The fourth-order valence-corrected chi connectivity index (χ4v) is 4.42. The molecule has 0 amide bonds. The van der Waals surface area contributed by atoms with Gasteiger partial charge in [-0.2, -0.15) is 0 Å². The third-order valence-electron chi connectivity index (χ3n) is 5.89. The van der Waals surface area contributed by atoms with Crippen LogP contribution in [0, 0.1) is 13.8 Å². The molecule has 0 aliphatic carbocycles. The highest BCUT2D eigenvalue weighted by Crippen LogP contribution is 2.35. The molecule has 4 heteroatoms. The van der Waals surface area contributed by atoms with Crippen LogP contribution in [0.1, 0.15) is 11.1 Å². The summed E-state index contributed by atoms with van der Waals surface area (Å²) < 4.78 is 2.30. The van der Waals surface area contributed by atoms with E-state index in [0.717, 1.165) is 27.9 Å². The minimum Gasteiger partial charge on any atom is -0.423 e. The van der Waals surface area contributed by atoms with E-state index in [1.54, 1.807) is 0 Å². The number of aromatic nitrogens is 1. The second-order valence-corrected chi connectivity index (χ2v) is 7.82. The van der Waals surface area contributed by atoms with E-state index in [0.29, 0.717) is 5.46 Å². The topological polar surface area (TPSA) is 45.4 Å². The molecule has 0 saturated heterocycles. The molecule has 3 nitrogen and oxygen atoms in total. The van der Waals surface area contributed by atoms with E-state index in [4.69, 9.17) is 0 Å². The fraction of sp³-hybridized carbons (Fsp3) is 0.0769. The van der Waals surface area contributed by atoms with Gasteiger partial charge in [0.2, 0.25) is 0 Å². The van der Waals surface area contributed by atoms with E-state index in [1.165, 1.54) is 21.8 Å². The first-order valence-electron chi connectivity index (χ1n) is 10.1. The molecule has 1 heterocycles. The number of benzene rings is 4. The van der Waals surface area contributed by atoms with Crippen LogP contribution in [-0.4, -0.2) is 21.7 Å². The zero-order valence-electron chi connectivity index (χ0n) is 17.0. The maximum Gasteiger partial charge on any atom is 0.488 e. The monoisotopic (exact) mass is 391 g/mol. The summed E-state index contributed by atoms with van der Waals surface area (Å²) in [4.78, 5) is 0. The predicted octanol–water partition coefficient (Wildman–Crippen LogP) is 4.75. The van der Waals surface area contributed by atoms with Gasteiger partial charge in [0.15, 0.2) is 0 Å². The van der Waals surface area contributed by atoms with Gasteiger partial charge in [0.25, 0.3) is 0 Å². The van der Waals surface area contributed by atoms with Crippen LogP contribution >= 0.6 is 0 Å². The molecule has 0 aliphatic heterocycles. The van der Waals surface area contributed by atoms with E-state index < -0.39 is 7.12 Å². The van der Waals surface area contributed by atoms with Gasteiger partial charge < -0.3 is 14.6 Å². The van der Waals surface area contributed by atoms with Crippen molar-refractivity contribution in [1.29, 1.82) is 0 Å². The molecule has 146 valence electrons. The lowest BCUT2D eigenvalue weighted by atomic mass is 9.75. The van der Waals surface area contributed by atoms with Crippen molar-refractivity contribution in [2.45, 2.75) is 13.8 Å². The highest BCUT2D eigenvalue weighted by Gasteiger charge is 2.17. The number of para-hydroxylation sites is 2. The van der Waals surface area contributed by atoms with Crippen LogP contribution in [0.25, 0.3) is 38.6 Å². The SMILES string of the molecule is Cc1cc(-c2ccc3c(c2)c2ccccc2n3-c2ccccc2)c(C)cc1B(O)O. The van der Waals surface area contributed by atoms with Gasteiger partial charge in [-0.05, 0) is 66.3 Å². The number of hydrogen-bond acceptors (Lipinski definition) is 2. The molecule has 4 aromatic carbocycles. The molecule has 30 heavy (non-hydrogen) atoms. The molecular formula is C26H22BNO2. The molecule has 5 aromatic rings. The van der Waals surface area contributed by atoms with E-state index in [-0.39, 0.29) is 0 Å². The average molecular weight is 391 g/mol. The first-order valence-corrected chi connectivity index (χ1v) is 10.1. The maximum absolute atomic E-state index is 9.61. The first-order chi connectivity index (χ1) is 14.5. The Morgan fingerprint density at radius 1 is 0.667 bits per heavy atom. The largest absolute Gasteiger partial charge is 0.488 e. The Kier molecular flexibility index (Phi) is 4.46. The van der Waals surface area contributed by atoms with Crippen LogP contribution in [-0.2, 0) is 0 Å². The Hall–Kier alpha value is -3.34. The Labute approximate surface area is 176 Å². The zero-order valence-corrected chi connectivity index (χ0v) is 17.0. The summed E-state index contributed by atoms with van der Waals surface area (Å²) in [6.45, 7) is 3.93. The quantitative estimate of drug-likeness (QED) is 0.436. The molecule has 0 radical (unpaired) electrons. The van der Waals surface area contributed by atoms with Crippen molar-refractivity contribution in [2.75, 3.05) is 0 Å². The number of rotatable bonds is 3. The van der Waals surface area contributed by atoms with Gasteiger partial charge in [-0.15, -0.1) is 0 Å². The molecule has 0 fully saturated rings. The molecule has 2 N–H and O–H groups in total. The molecule has 5 rings (SSSR count). The summed E-state index contributed by atoms with van der Waals surface area (Å²) in [5, 5.41) is 21.6. The Balaban J connectivity index is 1.77. The van der Waals surface area contributed by atoms with Crippen molar-refractivity contribution < 1.29 is 10.0 Å².